The number of hydrogen-bond donors (Lipinski definition) is 0. The normalized spacial score (nSPS) is 12.2. The molecule has 0 aromatic heterocycles. The Labute approximate surface area is 128 Å². The minimum Gasteiger partial charge on any atom is -0.496 e. The lowest BCUT2D eigenvalue weighted by Crippen LogP contribution is -1.97. The molecule has 18 heavy (non-hydrogen) atoms. The standard InChI is InChI=1S/C14H11Br2ClO/c1-18-13-8-11(16)6-7-12(13)14(17)9-2-4-10(15)5-3-9/h2-8,14H,1H3. The average Bonchev–Trinajstić information content (AvgIpc) is 2.38. The maximum Gasteiger partial charge on any atom is 0.125 e. The molecule has 1 unspecified atom stereocenters. The van der Waals surface area contributed by atoms with Crippen LogP contribution in [0.2, 0.25) is 0 Å². The molecule has 1 nitrogen and oxygen atoms in total. The van der Waals surface area contributed by atoms with Gasteiger partial charge in [0.1, 0.15) is 5.75 Å². The first-order chi connectivity index (χ1) is 8.61. The molecule has 2 aromatic rings. The van der Waals surface area contributed by atoms with Crippen molar-refractivity contribution in [2.75, 3.05) is 7.11 Å². The van der Waals surface area contributed by atoms with Gasteiger partial charge in [-0.05, 0) is 29.8 Å². The molecule has 0 spiro atoms. The van der Waals surface area contributed by atoms with Crippen LogP contribution in [0.3, 0.4) is 0 Å². The third-order valence-electron chi connectivity index (χ3n) is 2.63. The molecular weight excluding hydrogens is 379 g/mol. The quantitative estimate of drug-likeness (QED) is 0.625. The van der Waals surface area contributed by atoms with Gasteiger partial charge in [0, 0.05) is 14.5 Å². The minimum atomic E-state index is -0.221. The summed E-state index contributed by atoms with van der Waals surface area (Å²) in [6.45, 7) is 0. The molecule has 2 rings (SSSR count). The van der Waals surface area contributed by atoms with Crippen LogP contribution >= 0.6 is 43.5 Å². The fourth-order valence-electron chi connectivity index (χ4n) is 1.71. The monoisotopic (exact) mass is 388 g/mol. The van der Waals surface area contributed by atoms with Crippen LogP contribution in [0.4, 0.5) is 0 Å². The summed E-state index contributed by atoms with van der Waals surface area (Å²) in [4.78, 5) is 0. The van der Waals surface area contributed by atoms with E-state index in [2.05, 4.69) is 31.9 Å². The third kappa shape index (κ3) is 3.08. The molecule has 0 aliphatic carbocycles. The lowest BCUT2D eigenvalue weighted by atomic mass is 10.0. The van der Waals surface area contributed by atoms with E-state index in [0.717, 1.165) is 25.8 Å². The molecule has 0 radical (unpaired) electrons. The molecular formula is C14H11Br2ClO. The van der Waals surface area contributed by atoms with E-state index >= 15 is 0 Å². The highest BCUT2D eigenvalue weighted by molar-refractivity contribution is 9.10. The lowest BCUT2D eigenvalue weighted by molar-refractivity contribution is 0.410. The Morgan fingerprint density at radius 2 is 1.61 bits per heavy atom. The van der Waals surface area contributed by atoms with E-state index < -0.39 is 0 Å². The van der Waals surface area contributed by atoms with Crippen LogP contribution in [0, 0.1) is 0 Å². The second-order valence-corrected chi connectivity index (χ2v) is 6.07. The first kappa shape index (κ1) is 13.9. The van der Waals surface area contributed by atoms with Crippen LogP contribution in [-0.4, -0.2) is 7.11 Å². The fourth-order valence-corrected chi connectivity index (χ4v) is 2.64. The third-order valence-corrected chi connectivity index (χ3v) is 4.14. The molecule has 0 saturated heterocycles. The molecule has 94 valence electrons. The van der Waals surface area contributed by atoms with Gasteiger partial charge < -0.3 is 4.74 Å². The summed E-state index contributed by atoms with van der Waals surface area (Å²) >= 11 is 13.3. The Morgan fingerprint density at radius 3 is 2.22 bits per heavy atom. The van der Waals surface area contributed by atoms with Crippen molar-refractivity contribution in [1.82, 2.24) is 0 Å². The van der Waals surface area contributed by atoms with Crippen LogP contribution in [0.25, 0.3) is 0 Å². The van der Waals surface area contributed by atoms with Crippen LogP contribution < -0.4 is 4.74 Å². The molecule has 0 heterocycles. The van der Waals surface area contributed by atoms with Crippen molar-refractivity contribution >= 4 is 43.5 Å². The Balaban J connectivity index is 2.39. The highest BCUT2D eigenvalue weighted by Crippen LogP contribution is 2.36. The van der Waals surface area contributed by atoms with Gasteiger partial charge in [-0.2, -0.15) is 0 Å². The van der Waals surface area contributed by atoms with E-state index in [1.54, 1.807) is 7.11 Å². The number of ether oxygens (including phenoxy) is 1. The van der Waals surface area contributed by atoms with Crippen LogP contribution in [0.5, 0.6) is 5.75 Å². The number of hydrogen-bond acceptors (Lipinski definition) is 1. The summed E-state index contributed by atoms with van der Waals surface area (Å²) in [5.74, 6) is 0.785. The zero-order valence-corrected chi connectivity index (χ0v) is 13.6. The van der Waals surface area contributed by atoms with Gasteiger partial charge in [0.25, 0.3) is 0 Å². The molecule has 0 fully saturated rings. The zero-order chi connectivity index (χ0) is 13.1. The van der Waals surface area contributed by atoms with Crippen molar-refractivity contribution in [2.24, 2.45) is 0 Å². The highest BCUT2D eigenvalue weighted by atomic mass is 79.9. The van der Waals surface area contributed by atoms with Crippen molar-refractivity contribution in [2.45, 2.75) is 5.38 Å². The van der Waals surface area contributed by atoms with Crippen LogP contribution in [0.15, 0.2) is 51.4 Å². The van der Waals surface area contributed by atoms with E-state index in [1.807, 2.05) is 42.5 Å². The molecule has 2 aromatic carbocycles. The van der Waals surface area contributed by atoms with E-state index in [0.29, 0.717) is 0 Å². The minimum absolute atomic E-state index is 0.221. The number of halogens is 3. The SMILES string of the molecule is COc1cc(Br)ccc1C(Cl)c1ccc(Br)cc1. The van der Waals surface area contributed by atoms with Crippen molar-refractivity contribution in [3.05, 3.63) is 62.5 Å². The summed E-state index contributed by atoms with van der Waals surface area (Å²) in [5, 5.41) is -0.221. The van der Waals surface area contributed by atoms with Crippen molar-refractivity contribution in [3.8, 4) is 5.75 Å². The van der Waals surface area contributed by atoms with Gasteiger partial charge in [-0.1, -0.05) is 50.1 Å². The fraction of sp³-hybridized carbons (Fsp3) is 0.143. The van der Waals surface area contributed by atoms with Gasteiger partial charge in [0.05, 0.1) is 12.5 Å². The summed E-state index contributed by atoms with van der Waals surface area (Å²) in [6.07, 6.45) is 0. The lowest BCUT2D eigenvalue weighted by Gasteiger charge is -2.14. The number of rotatable bonds is 3. The molecule has 4 heteroatoms. The van der Waals surface area contributed by atoms with Gasteiger partial charge in [-0.25, -0.2) is 0 Å². The van der Waals surface area contributed by atoms with Crippen LogP contribution in [0.1, 0.15) is 16.5 Å². The largest absolute Gasteiger partial charge is 0.496 e. The second kappa shape index (κ2) is 6.09. The Hall–Kier alpha value is -0.510. The molecule has 1 atom stereocenters. The molecule has 0 amide bonds. The van der Waals surface area contributed by atoms with E-state index in [4.69, 9.17) is 16.3 Å². The molecule has 0 bridgehead atoms. The van der Waals surface area contributed by atoms with Gasteiger partial charge in [-0.15, -0.1) is 11.6 Å². The maximum absolute atomic E-state index is 6.51. The Bertz CT molecular complexity index is 540. The number of benzene rings is 2. The van der Waals surface area contributed by atoms with Gasteiger partial charge >= 0.3 is 0 Å². The first-order valence-corrected chi connectivity index (χ1v) is 7.37. The second-order valence-electron chi connectivity index (χ2n) is 3.80. The Morgan fingerprint density at radius 1 is 1.00 bits per heavy atom. The molecule has 0 aliphatic heterocycles. The summed E-state index contributed by atoms with van der Waals surface area (Å²) < 4.78 is 7.38. The molecule has 0 aliphatic rings. The van der Waals surface area contributed by atoms with Crippen molar-refractivity contribution < 1.29 is 4.74 Å². The molecule has 0 saturated carbocycles. The van der Waals surface area contributed by atoms with E-state index in [-0.39, 0.29) is 5.38 Å². The smallest absolute Gasteiger partial charge is 0.125 e. The van der Waals surface area contributed by atoms with Crippen LogP contribution in [-0.2, 0) is 0 Å². The molecule has 0 N–H and O–H groups in total. The van der Waals surface area contributed by atoms with Crippen molar-refractivity contribution in [3.63, 3.8) is 0 Å². The Kier molecular flexibility index (Phi) is 4.71. The summed E-state index contributed by atoms with van der Waals surface area (Å²) in [7, 11) is 1.65. The number of alkyl halides is 1. The van der Waals surface area contributed by atoms with Crippen molar-refractivity contribution in [1.29, 1.82) is 0 Å². The van der Waals surface area contributed by atoms with Gasteiger partial charge in [0.2, 0.25) is 0 Å². The number of methoxy groups -OCH3 is 1. The van der Waals surface area contributed by atoms with E-state index in [1.165, 1.54) is 0 Å². The summed E-state index contributed by atoms with van der Waals surface area (Å²) in [5.41, 5.74) is 2.00. The summed E-state index contributed by atoms with van der Waals surface area (Å²) in [6, 6.07) is 13.8. The van der Waals surface area contributed by atoms with Gasteiger partial charge in [-0.3, -0.25) is 0 Å². The highest BCUT2D eigenvalue weighted by Gasteiger charge is 2.15. The first-order valence-electron chi connectivity index (χ1n) is 5.35. The van der Waals surface area contributed by atoms with Gasteiger partial charge in [0.15, 0.2) is 0 Å². The predicted molar refractivity (Wildman–Crippen MR) is 82.5 cm³/mol. The average molecular weight is 391 g/mol. The zero-order valence-electron chi connectivity index (χ0n) is 9.66. The maximum atomic E-state index is 6.51. The van der Waals surface area contributed by atoms with E-state index in [9.17, 15) is 0 Å². The predicted octanol–water partition coefficient (Wildman–Crippen LogP) is 5.55. The topological polar surface area (TPSA) is 9.23 Å².